The van der Waals surface area contributed by atoms with Crippen LogP contribution in [0.1, 0.15) is 6.92 Å². The van der Waals surface area contributed by atoms with Crippen molar-refractivity contribution in [3.63, 3.8) is 0 Å². The molecule has 0 aromatic heterocycles. The summed E-state index contributed by atoms with van der Waals surface area (Å²) in [6, 6.07) is 8.41. The minimum absolute atomic E-state index is 1.19. The Kier molecular flexibility index (Phi) is 6.20. The first-order chi connectivity index (χ1) is 8.36. The Labute approximate surface area is 103 Å². The third-order valence-electron chi connectivity index (χ3n) is 2.18. The first-order valence-electron chi connectivity index (χ1n) is 5.72. The van der Waals surface area contributed by atoms with E-state index in [2.05, 4.69) is 43.0 Å². The van der Waals surface area contributed by atoms with Crippen LogP contribution in [0.25, 0.3) is 12.2 Å². The quantitative estimate of drug-likeness (QED) is 0.687. The minimum atomic E-state index is 1.19. The average Bonchev–Trinajstić information content (AvgIpc) is 2.37. The summed E-state index contributed by atoms with van der Waals surface area (Å²) in [6.45, 7) is 5.64. The zero-order valence-electron chi connectivity index (χ0n) is 10.2. The highest BCUT2D eigenvalue weighted by Gasteiger charge is 1.77. The van der Waals surface area contributed by atoms with Crippen molar-refractivity contribution in [2.45, 2.75) is 6.92 Å². The maximum atomic E-state index is 3.63. The molecule has 0 saturated heterocycles. The Balaban J connectivity index is 2.84. The van der Waals surface area contributed by atoms with Gasteiger partial charge in [-0.15, -0.1) is 0 Å². The first kappa shape index (κ1) is 13.0. The van der Waals surface area contributed by atoms with Gasteiger partial charge in [0.15, 0.2) is 0 Å². The smallest absolute Gasteiger partial charge is 0.0256 e. The molecule has 0 saturated carbocycles. The molecular formula is C17H18. The third kappa shape index (κ3) is 5.53. The normalized spacial score (nSPS) is 11.4. The van der Waals surface area contributed by atoms with Crippen molar-refractivity contribution >= 4 is 12.2 Å². The predicted molar refractivity (Wildman–Crippen MR) is 77.9 cm³/mol. The van der Waals surface area contributed by atoms with Crippen LogP contribution < -0.4 is 10.4 Å². The molecule has 0 spiro atoms. The van der Waals surface area contributed by atoms with Gasteiger partial charge >= 0.3 is 0 Å². The predicted octanol–water partition coefficient (Wildman–Crippen LogP) is 3.12. The second kappa shape index (κ2) is 8.12. The molecule has 0 N–H and O–H groups in total. The maximum absolute atomic E-state index is 3.63. The van der Waals surface area contributed by atoms with Crippen molar-refractivity contribution in [1.29, 1.82) is 0 Å². The van der Waals surface area contributed by atoms with Gasteiger partial charge in [-0.1, -0.05) is 85.5 Å². The second-order valence-corrected chi connectivity index (χ2v) is 3.53. The van der Waals surface area contributed by atoms with Crippen molar-refractivity contribution in [1.82, 2.24) is 0 Å². The molecule has 0 radical (unpaired) electrons. The molecule has 0 aliphatic rings. The first-order valence-corrected chi connectivity index (χ1v) is 5.72. The fraction of sp³-hybridized carbons (Fsp3) is 0.0588. The van der Waals surface area contributed by atoms with E-state index in [1.807, 2.05) is 43.4 Å². The van der Waals surface area contributed by atoms with E-state index in [9.17, 15) is 0 Å². The Bertz CT molecular complexity index is 516. The van der Waals surface area contributed by atoms with Crippen molar-refractivity contribution in [3.8, 4) is 0 Å². The summed E-state index contributed by atoms with van der Waals surface area (Å²) < 4.78 is 0. The topological polar surface area (TPSA) is 0 Å². The number of hydrogen-bond acceptors (Lipinski definition) is 0. The van der Waals surface area contributed by atoms with E-state index in [1.54, 1.807) is 6.08 Å². The lowest BCUT2D eigenvalue weighted by Crippen LogP contribution is -2.05. The summed E-state index contributed by atoms with van der Waals surface area (Å²) in [5, 5.41) is 2.40. The van der Waals surface area contributed by atoms with Gasteiger partial charge in [-0.3, -0.25) is 0 Å². The van der Waals surface area contributed by atoms with Gasteiger partial charge in [0.25, 0.3) is 0 Å². The van der Waals surface area contributed by atoms with E-state index in [-0.39, 0.29) is 0 Å². The number of benzene rings is 1. The summed E-state index contributed by atoms with van der Waals surface area (Å²) >= 11 is 0. The molecule has 0 heteroatoms. The molecule has 1 rings (SSSR count). The van der Waals surface area contributed by atoms with Gasteiger partial charge in [0.1, 0.15) is 0 Å². The highest BCUT2D eigenvalue weighted by Crippen LogP contribution is 1.80. The van der Waals surface area contributed by atoms with Crippen LogP contribution in [0.2, 0.25) is 0 Å². The SMILES string of the molecule is C=C/C=C/C=c1ccc(=C/C=C/C=C/C)cc1. The largest absolute Gasteiger partial charge is 0.0991 e. The van der Waals surface area contributed by atoms with Gasteiger partial charge in [-0.05, 0) is 17.4 Å². The zero-order chi connectivity index (χ0) is 12.3. The molecule has 0 atom stereocenters. The van der Waals surface area contributed by atoms with Gasteiger partial charge in [0, 0.05) is 0 Å². The molecule has 0 heterocycles. The van der Waals surface area contributed by atoms with Crippen LogP contribution in [-0.2, 0) is 0 Å². The van der Waals surface area contributed by atoms with Crippen LogP contribution in [0.4, 0.5) is 0 Å². The fourth-order valence-corrected chi connectivity index (χ4v) is 1.31. The van der Waals surface area contributed by atoms with Gasteiger partial charge in [0.05, 0.1) is 0 Å². The highest BCUT2D eigenvalue weighted by molar-refractivity contribution is 5.41. The number of hydrogen-bond donors (Lipinski definition) is 0. The molecule has 1 aromatic carbocycles. The Morgan fingerprint density at radius 3 is 1.76 bits per heavy atom. The summed E-state index contributed by atoms with van der Waals surface area (Å²) in [7, 11) is 0. The lowest BCUT2D eigenvalue weighted by Gasteiger charge is -1.85. The molecule has 0 aliphatic heterocycles. The number of allylic oxidation sites excluding steroid dienone is 7. The summed E-state index contributed by atoms with van der Waals surface area (Å²) in [5.41, 5.74) is 0. The summed E-state index contributed by atoms with van der Waals surface area (Å²) in [6.07, 6.45) is 17.9. The Morgan fingerprint density at radius 1 is 0.765 bits per heavy atom. The molecule has 0 bridgehead atoms. The fourth-order valence-electron chi connectivity index (χ4n) is 1.31. The van der Waals surface area contributed by atoms with E-state index in [4.69, 9.17) is 0 Å². The van der Waals surface area contributed by atoms with Gasteiger partial charge in [0.2, 0.25) is 0 Å². The molecule has 0 aliphatic carbocycles. The van der Waals surface area contributed by atoms with Crippen molar-refractivity contribution in [2.75, 3.05) is 0 Å². The second-order valence-electron chi connectivity index (χ2n) is 3.53. The third-order valence-corrected chi connectivity index (χ3v) is 2.18. The van der Waals surface area contributed by atoms with Crippen LogP contribution in [0, 0.1) is 0 Å². The lowest BCUT2D eigenvalue weighted by atomic mass is 10.2. The van der Waals surface area contributed by atoms with Crippen LogP contribution in [-0.4, -0.2) is 0 Å². The molecule has 0 fully saturated rings. The van der Waals surface area contributed by atoms with Crippen LogP contribution in [0.15, 0.2) is 73.4 Å². The zero-order valence-corrected chi connectivity index (χ0v) is 10.2. The summed E-state index contributed by atoms with van der Waals surface area (Å²) in [4.78, 5) is 0. The molecule has 86 valence electrons. The summed E-state index contributed by atoms with van der Waals surface area (Å²) in [5.74, 6) is 0. The molecular weight excluding hydrogens is 204 g/mol. The maximum Gasteiger partial charge on any atom is -0.0256 e. The Hall–Kier alpha value is -2.08. The Morgan fingerprint density at radius 2 is 1.29 bits per heavy atom. The van der Waals surface area contributed by atoms with Crippen LogP contribution >= 0.6 is 0 Å². The van der Waals surface area contributed by atoms with Crippen molar-refractivity contribution < 1.29 is 0 Å². The van der Waals surface area contributed by atoms with Gasteiger partial charge in [-0.2, -0.15) is 0 Å². The lowest BCUT2D eigenvalue weighted by molar-refractivity contribution is 1.55. The van der Waals surface area contributed by atoms with E-state index < -0.39 is 0 Å². The van der Waals surface area contributed by atoms with Crippen LogP contribution in [0.5, 0.6) is 0 Å². The standard InChI is InChI=1S/C17H18/c1-3-5-7-9-11-17-14-12-16(13-15-17)10-8-6-4-2/h3-15H,2H2,1H3/b5-3+,8-6+,9-7+,16-10?,17-11?. The van der Waals surface area contributed by atoms with Gasteiger partial charge < -0.3 is 0 Å². The molecule has 0 unspecified atom stereocenters. The van der Waals surface area contributed by atoms with Gasteiger partial charge in [-0.25, -0.2) is 0 Å². The van der Waals surface area contributed by atoms with Crippen molar-refractivity contribution in [3.05, 3.63) is 83.8 Å². The minimum Gasteiger partial charge on any atom is -0.0991 e. The van der Waals surface area contributed by atoms with E-state index in [0.29, 0.717) is 0 Å². The average molecular weight is 222 g/mol. The van der Waals surface area contributed by atoms with E-state index in [0.717, 1.165) is 0 Å². The van der Waals surface area contributed by atoms with Crippen molar-refractivity contribution in [2.24, 2.45) is 0 Å². The monoisotopic (exact) mass is 222 g/mol. The molecule has 17 heavy (non-hydrogen) atoms. The van der Waals surface area contributed by atoms with E-state index in [1.165, 1.54) is 10.4 Å². The number of rotatable bonds is 4. The molecule has 1 aromatic rings. The molecule has 0 amide bonds. The molecule has 0 nitrogen and oxygen atoms in total. The highest BCUT2D eigenvalue weighted by atomic mass is 13.8. The van der Waals surface area contributed by atoms with E-state index >= 15 is 0 Å². The van der Waals surface area contributed by atoms with Crippen LogP contribution in [0.3, 0.4) is 0 Å².